The highest BCUT2D eigenvalue weighted by Crippen LogP contribution is 2.21. The molecule has 0 bridgehead atoms. The van der Waals surface area contributed by atoms with Crippen LogP contribution in [0.15, 0.2) is 54.6 Å². The molecular formula is C23H27BF2O2. The highest BCUT2D eigenvalue weighted by Gasteiger charge is 2.21. The molecule has 2 nitrogen and oxygen atoms in total. The van der Waals surface area contributed by atoms with Gasteiger partial charge in [0.2, 0.25) is 0 Å². The molecule has 0 spiro atoms. The van der Waals surface area contributed by atoms with Gasteiger partial charge in [0.25, 0.3) is 0 Å². The van der Waals surface area contributed by atoms with Gasteiger partial charge in [-0.15, -0.1) is 0 Å². The fourth-order valence-electron chi connectivity index (χ4n) is 3.04. The number of carbonyl (C=O) groups is 1. The van der Waals surface area contributed by atoms with Crippen molar-refractivity contribution < 1.29 is 18.1 Å². The Bertz CT molecular complexity index is 794. The number of rotatable bonds is 9. The molecule has 148 valence electrons. The topological polar surface area (TPSA) is 26.3 Å². The Labute approximate surface area is 166 Å². The molecule has 0 amide bonds. The first-order valence-electron chi connectivity index (χ1n) is 9.63. The summed E-state index contributed by atoms with van der Waals surface area (Å²) < 4.78 is 30.4. The Kier molecular flexibility index (Phi) is 7.97. The molecule has 0 aliphatic carbocycles. The van der Waals surface area contributed by atoms with Crippen LogP contribution in [0.5, 0.6) is 0 Å². The minimum atomic E-state index is -3.00. The first-order chi connectivity index (χ1) is 13.2. The van der Waals surface area contributed by atoms with Crippen molar-refractivity contribution in [1.82, 2.24) is 0 Å². The van der Waals surface area contributed by atoms with Gasteiger partial charge in [-0.1, -0.05) is 76.2 Å². The molecule has 0 aliphatic rings. The molecule has 2 aromatic carbocycles. The molecule has 0 saturated carbocycles. The zero-order valence-electron chi connectivity index (χ0n) is 16.9. The van der Waals surface area contributed by atoms with Gasteiger partial charge in [0.15, 0.2) is 5.78 Å². The fourth-order valence-corrected chi connectivity index (χ4v) is 3.04. The van der Waals surface area contributed by atoms with Gasteiger partial charge in [-0.2, -0.15) is 0 Å². The van der Waals surface area contributed by atoms with Crippen LogP contribution < -0.4 is 0 Å². The van der Waals surface area contributed by atoms with Crippen LogP contribution in [-0.2, 0) is 17.5 Å². The number of halogens is 2. The van der Waals surface area contributed by atoms with Crippen molar-refractivity contribution in [3.8, 4) is 0 Å². The van der Waals surface area contributed by atoms with E-state index in [1.807, 2.05) is 24.3 Å². The number of ketones is 1. The van der Waals surface area contributed by atoms with E-state index in [1.54, 1.807) is 24.3 Å². The molecule has 0 unspecified atom stereocenters. The van der Waals surface area contributed by atoms with Crippen molar-refractivity contribution in [2.75, 3.05) is 0 Å². The zero-order valence-corrected chi connectivity index (χ0v) is 16.9. The van der Waals surface area contributed by atoms with Crippen LogP contribution in [0.2, 0.25) is 0 Å². The predicted octanol–water partition coefficient (Wildman–Crippen LogP) is 6.25. The zero-order chi connectivity index (χ0) is 20.7. The second-order valence-corrected chi connectivity index (χ2v) is 7.84. The average Bonchev–Trinajstić information content (AvgIpc) is 2.61. The molecule has 0 aromatic heterocycles. The van der Waals surface area contributed by atoms with Crippen molar-refractivity contribution in [2.24, 2.45) is 11.8 Å². The Morgan fingerprint density at radius 2 is 1.29 bits per heavy atom. The highest BCUT2D eigenvalue weighted by atomic mass is 19.2. The summed E-state index contributed by atoms with van der Waals surface area (Å²) in [4.78, 5) is 12.6. The minimum absolute atomic E-state index is 0.123. The summed E-state index contributed by atoms with van der Waals surface area (Å²) in [6, 6.07) is 14.4. The van der Waals surface area contributed by atoms with Gasteiger partial charge < -0.3 is 4.65 Å². The van der Waals surface area contributed by atoms with Crippen molar-refractivity contribution in [3.63, 3.8) is 0 Å². The minimum Gasteiger partial charge on any atom is -0.505 e. The number of carbonyl (C=O) groups excluding carboxylic acids is 1. The molecule has 2 aromatic rings. The maximum absolute atomic E-state index is 12.9. The van der Waals surface area contributed by atoms with Crippen molar-refractivity contribution in [3.05, 3.63) is 76.9 Å². The molecule has 5 heteroatoms. The molecule has 2 rings (SSSR count). The third kappa shape index (κ3) is 6.95. The molecule has 0 fully saturated rings. The predicted molar refractivity (Wildman–Crippen MR) is 111 cm³/mol. The van der Waals surface area contributed by atoms with Crippen molar-refractivity contribution in [2.45, 2.75) is 40.5 Å². The summed E-state index contributed by atoms with van der Waals surface area (Å²) in [6.07, 6.45) is 2.96. The summed E-state index contributed by atoms with van der Waals surface area (Å²) in [5.41, 5.74) is 3.15. The SMILES string of the molecule is CC(C)Cc1ccc(C(=O)/C=C(\OB(F)F)c2ccc(CC(C)C)cc2)cc1. The Balaban J connectivity index is 2.23. The Morgan fingerprint density at radius 1 is 0.857 bits per heavy atom. The normalized spacial score (nSPS) is 11.8. The molecule has 0 saturated heterocycles. The van der Waals surface area contributed by atoms with E-state index in [2.05, 4.69) is 32.3 Å². The smallest absolute Gasteiger partial charge is 0.505 e. The van der Waals surface area contributed by atoms with Crippen LogP contribution in [0, 0.1) is 11.8 Å². The van der Waals surface area contributed by atoms with E-state index < -0.39 is 7.47 Å². The maximum atomic E-state index is 12.9. The first kappa shape index (κ1) is 21.9. The molecular weight excluding hydrogens is 357 g/mol. The van der Waals surface area contributed by atoms with Crippen molar-refractivity contribution >= 4 is 19.0 Å². The van der Waals surface area contributed by atoms with Crippen LogP contribution in [0.1, 0.15) is 54.7 Å². The molecule has 0 aliphatic heterocycles. The van der Waals surface area contributed by atoms with E-state index in [-0.39, 0.29) is 11.5 Å². The molecule has 0 N–H and O–H groups in total. The monoisotopic (exact) mass is 384 g/mol. The third-order valence-electron chi connectivity index (χ3n) is 4.24. The largest absolute Gasteiger partial charge is 0.796 e. The summed E-state index contributed by atoms with van der Waals surface area (Å²) >= 11 is 0. The summed E-state index contributed by atoms with van der Waals surface area (Å²) in [5, 5.41) is 0. The molecule has 0 atom stereocenters. The summed E-state index contributed by atoms with van der Waals surface area (Å²) in [6.45, 7) is 8.49. The van der Waals surface area contributed by atoms with E-state index in [1.165, 1.54) is 0 Å². The lowest BCUT2D eigenvalue weighted by atomic mass is 9.99. The van der Waals surface area contributed by atoms with Crippen molar-refractivity contribution in [1.29, 1.82) is 0 Å². The number of hydrogen-bond donors (Lipinski definition) is 0. The van der Waals surface area contributed by atoms with E-state index in [4.69, 9.17) is 0 Å². The molecule has 0 radical (unpaired) electrons. The first-order valence-corrected chi connectivity index (χ1v) is 9.63. The van der Waals surface area contributed by atoms with Crippen LogP contribution >= 0.6 is 0 Å². The van der Waals surface area contributed by atoms with Gasteiger partial charge in [0.1, 0.15) is 5.76 Å². The standard InChI is InChI=1S/C23H27BF2O2/c1-16(2)13-18-5-9-20(10-6-18)22(27)15-23(28-24(25)26)21-11-7-19(8-12-21)14-17(3)4/h5-12,15-17H,13-14H2,1-4H3/b23-15-. The van der Waals surface area contributed by atoms with E-state index in [0.29, 0.717) is 23.0 Å². The van der Waals surface area contributed by atoms with Crippen LogP contribution in [-0.4, -0.2) is 13.3 Å². The Hall–Kier alpha value is -2.43. The van der Waals surface area contributed by atoms with Gasteiger partial charge in [0, 0.05) is 17.2 Å². The number of hydrogen-bond acceptors (Lipinski definition) is 2. The second kappa shape index (κ2) is 10.2. The van der Waals surface area contributed by atoms with E-state index >= 15 is 0 Å². The van der Waals surface area contributed by atoms with Crippen LogP contribution in [0.3, 0.4) is 0 Å². The van der Waals surface area contributed by atoms with E-state index in [0.717, 1.165) is 30.0 Å². The highest BCUT2D eigenvalue weighted by molar-refractivity contribution is 6.36. The molecule has 0 heterocycles. The Morgan fingerprint density at radius 3 is 1.68 bits per heavy atom. The quantitative estimate of drug-likeness (QED) is 0.221. The lowest BCUT2D eigenvalue weighted by Crippen LogP contribution is -2.07. The van der Waals surface area contributed by atoms with Gasteiger partial charge >= 0.3 is 7.47 Å². The number of benzene rings is 2. The lowest BCUT2D eigenvalue weighted by Gasteiger charge is -2.11. The van der Waals surface area contributed by atoms with Gasteiger partial charge in [-0.25, -0.2) is 8.63 Å². The third-order valence-corrected chi connectivity index (χ3v) is 4.24. The second-order valence-electron chi connectivity index (χ2n) is 7.84. The van der Waals surface area contributed by atoms with Crippen LogP contribution in [0.25, 0.3) is 5.76 Å². The summed E-state index contributed by atoms with van der Waals surface area (Å²) in [5.74, 6) is 0.532. The van der Waals surface area contributed by atoms with E-state index in [9.17, 15) is 13.4 Å². The van der Waals surface area contributed by atoms with Crippen LogP contribution in [0.4, 0.5) is 8.63 Å². The van der Waals surface area contributed by atoms with Gasteiger partial charge in [0.05, 0.1) is 0 Å². The summed E-state index contributed by atoms with van der Waals surface area (Å²) in [7, 11) is -3.00. The lowest BCUT2D eigenvalue weighted by molar-refractivity contribution is 0.104. The fraction of sp³-hybridized carbons (Fsp3) is 0.348. The molecule has 28 heavy (non-hydrogen) atoms. The number of allylic oxidation sites excluding steroid dienone is 1. The maximum Gasteiger partial charge on any atom is 0.796 e. The van der Waals surface area contributed by atoms with Gasteiger partial charge in [-0.05, 0) is 35.8 Å². The van der Waals surface area contributed by atoms with Gasteiger partial charge in [-0.3, -0.25) is 4.79 Å². The average molecular weight is 384 g/mol.